The molecule has 16 heavy (non-hydrogen) atoms. The van der Waals surface area contributed by atoms with E-state index in [1.165, 1.54) is 11.8 Å². The second-order valence-corrected chi connectivity index (χ2v) is 4.70. The molecular weight excluding hydrogens is 244 g/mol. The average Bonchev–Trinajstić information content (AvgIpc) is 2.24. The van der Waals surface area contributed by atoms with Crippen LogP contribution in [0.5, 0.6) is 5.75 Å². The van der Waals surface area contributed by atoms with Crippen molar-refractivity contribution in [1.29, 1.82) is 0 Å². The minimum absolute atomic E-state index is 0.123. The van der Waals surface area contributed by atoms with Crippen LogP contribution in [0.3, 0.4) is 0 Å². The summed E-state index contributed by atoms with van der Waals surface area (Å²) in [6.07, 6.45) is 3.87. The van der Waals surface area contributed by atoms with Gasteiger partial charge in [0.15, 0.2) is 5.12 Å². The van der Waals surface area contributed by atoms with Crippen molar-refractivity contribution in [3.05, 3.63) is 34.9 Å². The zero-order chi connectivity index (χ0) is 12.0. The van der Waals surface area contributed by atoms with Crippen molar-refractivity contribution in [3.63, 3.8) is 0 Å². The first kappa shape index (κ1) is 13.1. The topological polar surface area (TPSA) is 26.3 Å². The van der Waals surface area contributed by atoms with Gasteiger partial charge in [0.2, 0.25) is 0 Å². The number of ether oxygens (including phenoxy) is 1. The van der Waals surface area contributed by atoms with Gasteiger partial charge in [0.25, 0.3) is 0 Å². The van der Waals surface area contributed by atoms with Crippen molar-refractivity contribution < 1.29 is 9.53 Å². The second kappa shape index (κ2) is 6.61. The van der Waals surface area contributed by atoms with Crippen LogP contribution in [-0.4, -0.2) is 18.0 Å². The van der Waals surface area contributed by atoms with E-state index >= 15 is 0 Å². The molecule has 1 rings (SSSR count). The Morgan fingerprint density at radius 1 is 1.56 bits per heavy atom. The lowest BCUT2D eigenvalue weighted by atomic mass is 10.2. The lowest BCUT2D eigenvalue weighted by Gasteiger charge is -2.02. The third-order valence-corrected chi connectivity index (χ3v) is 2.93. The number of methoxy groups -OCH3 is 1. The number of thioether (sulfide) groups is 1. The summed E-state index contributed by atoms with van der Waals surface area (Å²) in [5.41, 5.74) is 0.995. The van der Waals surface area contributed by atoms with Crippen LogP contribution in [0.4, 0.5) is 0 Å². The molecule has 0 N–H and O–H groups in total. The Hall–Kier alpha value is -0.930. The Morgan fingerprint density at radius 3 is 2.88 bits per heavy atom. The molecule has 0 aliphatic carbocycles. The standard InChI is InChI=1S/C12H13ClO2S/c1-9(14)16-7-3-4-10-5-6-12(15-2)11(13)8-10/h3-6,8H,7H2,1-2H3. The van der Waals surface area contributed by atoms with Gasteiger partial charge in [-0.3, -0.25) is 4.79 Å². The zero-order valence-corrected chi connectivity index (χ0v) is 10.8. The van der Waals surface area contributed by atoms with Gasteiger partial charge in [-0.05, 0) is 17.7 Å². The molecule has 2 nitrogen and oxygen atoms in total. The fourth-order valence-electron chi connectivity index (χ4n) is 1.14. The van der Waals surface area contributed by atoms with Crippen molar-refractivity contribution in [2.75, 3.05) is 12.9 Å². The van der Waals surface area contributed by atoms with Gasteiger partial charge in [-0.15, -0.1) is 0 Å². The summed E-state index contributed by atoms with van der Waals surface area (Å²) in [6, 6.07) is 5.56. The lowest BCUT2D eigenvalue weighted by molar-refractivity contribution is -0.109. The molecule has 1 aromatic rings. The Balaban J connectivity index is 2.61. The highest BCUT2D eigenvalue weighted by Gasteiger charge is 1.99. The summed E-state index contributed by atoms with van der Waals surface area (Å²) in [5, 5.41) is 0.710. The smallest absolute Gasteiger partial charge is 0.186 e. The van der Waals surface area contributed by atoms with E-state index in [2.05, 4.69) is 0 Å². The summed E-state index contributed by atoms with van der Waals surface area (Å²) in [5.74, 6) is 1.34. The number of carbonyl (C=O) groups excluding carboxylic acids is 1. The second-order valence-electron chi connectivity index (χ2n) is 3.10. The van der Waals surface area contributed by atoms with Crippen LogP contribution in [0, 0.1) is 0 Å². The molecule has 0 fully saturated rings. The summed E-state index contributed by atoms with van der Waals surface area (Å²) in [7, 11) is 1.58. The molecule has 0 radical (unpaired) electrons. The number of hydrogen-bond acceptors (Lipinski definition) is 3. The minimum Gasteiger partial charge on any atom is -0.495 e. The van der Waals surface area contributed by atoms with Crippen molar-refractivity contribution >= 4 is 34.6 Å². The summed E-state index contributed by atoms with van der Waals surface area (Å²) >= 11 is 7.25. The third kappa shape index (κ3) is 4.29. The zero-order valence-electron chi connectivity index (χ0n) is 9.20. The highest BCUT2D eigenvalue weighted by Crippen LogP contribution is 2.25. The molecule has 0 bridgehead atoms. The Bertz CT molecular complexity index is 402. The predicted octanol–water partition coefficient (Wildman–Crippen LogP) is 3.64. The maximum atomic E-state index is 10.7. The van der Waals surface area contributed by atoms with E-state index in [0.29, 0.717) is 16.5 Å². The largest absolute Gasteiger partial charge is 0.495 e. The molecule has 0 heterocycles. The van der Waals surface area contributed by atoms with Crippen LogP contribution >= 0.6 is 23.4 Å². The number of halogens is 1. The molecule has 0 atom stereocenters. The number of benzene rings is 1. The van der Waals surface area contributed by atoms with Gasteiger partial charge >= 0.3 is 0 Å². The molecule has 1 aromatic carbocycles. The van der Waals surface area contributed by atoms with Crippen LogP contribution < -0.4 is 4.74 Å². The molecular formula is C12H13ClO2S. The van der Waals surface area contributed by atoms with Gasteiger partial charge in [0.1, 0.15) is 5.75 Å². The van der Waals surface area contributed by atoms with Crippen LogP contribution in [0.25, 0.3) is 6.08 Å². The Labute approximate surface area is 105 Å². The van der Waals surface area contributed by atoms with Gasteiger partial charge in [-0.2, -0.15) is 0 Å². The monoisotopic (exact) mass is 256 g/mol. The van der Waals surface area contributed by atoms with Crippen molar-refractivity contribution in [1.82, 2.24) is 0 Å². The number of carbonyl (C=O) groups is 1. The van der Waals surface area contributed by atoms with E-state index in [1.54, 1.807) is 14.0 Å². The Morgan fingerprint density at radius 2 is 2.31 bits per heavy atom. The van der Waals surface area contributed by atoms with E-state index in [4.69, 9.17) is 16.3 Å². The van der Waals surface area contributed by atoms with Crippen LogP contribution in [0.1, 0.15) is 12.5 Å². The SMILES string of the molecule is COc1ccc(C=CCSC(C)=O)cc1Cl. The minimum atomic E-state index is 0.123. The summed E-state index contributed by atoms with van der Waals surface area (Å²) in [6.45, 7) is 1.56. The molecule has 0 aliphatic rings. The van der Waals surface area contributed by atoms with Gasteiger partial charge in [0.05, 0.1) is 12.1 Å². The highest BCUT2D eigenvalue weighted by atomic mass is 35.5. The molecule has 0 saturated heterocycles. The van der Waals surface area contributed by atoms with Gasteiger partial charge in [-0.25, -0.2) is 0 Å². The average molecular weight is 257 g/mol. The molecule has 0 unspecified atom stereocenters. The van der Waals surface area contributed by atoms with E-state index in [0.717, 1.165) is 5.56 Å². The number of hydrogen-bond donors (Lipinski definition) is 0. The van der Waals surface area contributed by atoms with Crippen LogP contribution in [-0.2, 0) is 4.79 Å². The van der Waals surface area contributed by atoms with Crippen LogP contribution in [0.2, 0.25) is 5.02 Å². The normalized spacial score (nSPS) is 10.7. The third-order valence-electron chi connectivity index (χ3n) is 1.87. The molecule has 86 valence electrons. The predicted molar refractivity (Wildman–Crippen MR) is 70.2 cm³/mol. The first-order valence-electron chi connectivity index (χ1n) is 4.77. The molecule has 0 aliphatic heterocycles. The highest BCUT2D eigenvalue weighted by molar-refractivity contribution is 8.13. The van der Waals surface area contributed by atoms with Crippen LogP contribution in [0.15, 0.2) is 24.3 Å². The lowest BCUT2D eigenvalue weighted by Crippen LogP contribution is -1.84. The molecule has 0 aromatic heterocycles. The van der Waals surface area contributed by atoms with Gasteiger partial charge in [-0.1, -0.05) is 41.6 Å². The molecule has 4 heteroatoms. The molecule has 0 saturated carbocycles. The van der Waals surface area contributed by atoms with Gasteiger partial charge in [0, 0.05) is 12.7 Å². The van der Waals surface area contributed by atoms with E-state index in [9.17, 15) is 4.79 Å². The molecule has 0 spiro atoms. The van der Waals surface area contributed by atoms with Crippen molar-refractivity contribution in [2.24, 2.45) is 0 Å². The van der Waals surface area contributed by atoms with E-state index in [1.807, 2.05) is 30.4 Å². The van der Waals surface area contributed by atoms with Crippen molar-refractivity contribution in [3.8, 4) is 5.75 Å². The van der Waals surface area contributed by atoms with Crippen molar-refractivity contribution in [2.45, 2.75) is 6.92 Å². The quantitative estimate of drug-likeness (QED) is 0.823. The maximum absolute atomic E-state index is 10.7. The molecule has 0 amide bonds. The van der Waals surface area contributed by atoms with Gasteiger partial charge < -0.3 is 4.74 Å². The number of rotatable bonds is 4. The first-order valence-corrected chi connectivity index (χ1v) is 6.13. The fourth-order valence-corrected chi connectivity index (χ4v) is 1.83. The first-order chi connectivity index (χ1) is 7.63. The van der Waals surface area contributed by atoms with E-state index in [-0.39, 0.29) is 5.12 Å². The maximum Gasteiger partial charge on any atom is 0.186 e. The Kier molecular flexibility index (Phi) is 5.43. The fraction of sp³-hybridized carbons (Fsp3) is 0.250. The van der Waals surface area contributed by atoms with E-state index < -0.39 is 0 Å². The summed E-state index contributed by atoms with van der Waals surface area (Å²) < 4.78 is 5.05. The summed E-state index contributed by atoms with van der Waals surface area (Å²) in [4.78, 5) is 10.7.